The molecule has 0 aliphatic heterocycles. The van der Waals surface area contributed by atoms with Crippen molar-refractivity contribution >= 4 is 5.97 Å². The number of benzene rings is 1. The minimum atomic E-state index is -1.66. The predicted octanol–water partition coefficient (Wildman–Crippen LogP) is 1.56. The lowest BCUT2D eigenvalue weighted by Crippen LogP contribution is -2.12. The van der Waals surface area contributed by atoms with Gasteiger partial charge in [0, 0.05) is 0 Å². The molecule has 0 amide bonds. The maximum absolute atomic E-state index is 13.3. The fraction of sp³-hybridized carbons (Fsp3) is 0.300. The summed E-state index contributed by atoms with van der Waals surface area (Å²) in [4.78, 5) is 10.5. The van der Waals surface area contributed by atoms with E-state index in [1.165, 1.54) is 19.1 Å². The van der Waals surface area contributed by atoms with Crippen molar-refractivity contribution in [2.45, 2.75) is 20.0 Å². The van der Waals surface area contributed by atoms with Gasteiger partial charge in [-0.25, -0.2) is 9.18 Å². The van der Waals surface area contributed by atoms with Gasteiger partial charge >= 0.3 is 5.97 Å². The van der Waals surface area contributed by atoms with Crippen LogP contribution in [0, 0.1) is 19.7 Å². The van der Waals surface area contributed by atoms with E-state index in [4.69, 9.17) is 5.11 Å². The van der Waals surface area contributed by atoms with Crippen molar-refractivity contribution in [3.8, 4) is 0 Å². The Kier molecular flexibility index (Phi) is 2.86. The molecule has 0 aliphatic rings. The fourth-order valence-corrected chi connectivity index (χ4v) is 1.26. The molecule has 0 aliphatic carbocycles. The summed E-state index contributed by atoms with van der Waals surface area (Å²) in [6.07, 6.45) is -1.66. The van der Waals surface area contributed by atoms with Crippen molar-refractivity contribution in [3.63, 3.8) is 0 Å². The van der Waals surface area contributed by atoms with Crippen molar-refractivity contribution in [1.82, 2.24) is 0 Å². The van der Waals surface area contributed by atoms with Gasteiger partial charge < -0.3 is 10.2 Å². The first-order valence-electron chi connectivity index (χ1n) is 4.11. The molecule has 1 aromatic rings. The number of rotatable bonds is 2. The molecule has 1 aromatic carbocycles. The molecular formula is C10H11FO3. The van der Waals surface area contributed by atoms with Crippen LogP contribution in [-0.4, -0.2) is 16.2 Å². The Morgan fingerprint density at radius 3 is 2.50 bits per heavy atom. The largest absolute Gasteiger partial charge is 0.479 e. The highest BCUT2D eigenvalue weighted by molar-refractivity contribution is 5.74. The van der Waals surface area contributed by atoms with Gasteiger partial charge in [-0.1, -0.05) is 12.1 Å². The highest BCUT2D eigenvalue weighted by Gasteiger charge is 2.20. The van der Waals surface area contributed by atoms with E-state index < -0.39 is 17.9 Å². The molecule has 0 fully saturated rings. The lowest BCUT2D eigenvalue weighted by atomic mass is 10.0. The van der Waals surface area contributed by atoms with Gasteiger partial charge in [-0.15, -0.1) is 0 Å². The second kappa shape index (κ2) is 3.75. The van der Waals surface area contributed by atoms with E-state index in [0.717, 1.165) is 0 Å². The molecule has 1 unspecified atom stereocenters. The van der Waals surface area contributed by atoms with E-state index in [-0.39, 0.29) is 11.1 Å². The zero-order chi connectivity index (χ0) is 10.9. The Hall–Kier alpha value is -1.42. The van der Waals surface area contributed by atoms with Crippen LogP contribution in [0.5, 0.6) is 0 Å². The van der Waals surface area contributed by atoms with E-state index in [0.29, 0.717) is 5.56 Å². The number of aryl methyl sites for hydroxylation is 1. The number of aliphatic hydroxyl groups is 1. The van der Waals surface area contributed by atoms with Crippen LogP contribution in [0.2, 0.25) is 0 Å². The molecule has 1 atom stereocenters. The summed E-state index contributed by atoms with van der Waals surface area (Å²) in [5.41, 5.74) is 0.712. The molecule has 0 spiro atoms. The van der Waals surface area contributed by atoms with Crippen LogP contribution in [0.3, 0.4) is 0 Å². The van der Waals surface area contributed by atoms with Gasteiger partial charge in [-0.3, -0.25) is 0 Å². The standard InChI is InChI=1S/C10H11FO3/c1-5-3-4-7(6(2)8(5)11)9(12)10(13)14/h3-4,9,12H,1-2H3,(H,13,14). The zero-order valence-electron chi connectivity index (χ0n) is 7.91. The Bertz CT molecular complexity index is 374. The van der Waals surface area contributed by atoms with Crippen LogP contribution in [-0.2, 0) is 4.79 Å². The summed E-state index contributed by atoms with van der Waals surface area (Å²) in [6.45, 7) is 3.03. The van der Waals surface area contributed by atoms with E-state index >= 15 is 0 Å². The molecule has 14 heavy (non-hydrogen) atoms. The lowest BCUT2D eigenvalue weighted by Gasteiger charge is -2.11. The minimum absolute atomic E-state index is 0.0978. The second-order valence-corrected chi connectivity index (χ2v) is 3.15. The number of hydrogen-bond acceptors (Lipinski definition) is 2. The Morgan fingerprint density at radius 2 is 2.00 bits per heavy atom. The number of carboxylic acid groups (broad SMARTS) is 1. The molecule has 0 bridgehead atoms. The molecule has 3 nitrogen and oxygen atoms in total. The molecular weight excluding hydrogens is 187 g/mol. The third-order valence-corrected chi connectivity index (χ3v) is 2.15. The monoisotopic (exact) mass is 198 g/mol. The average molecular weight is 198 g/mol. The number of aliphatic carboxylic acids is 1. The smallest absolute Gasteiger partial charge is 0.337 e. The topological polar surface area (TPSA) is 57.5 Å². The van der Waals surface area contributed by atoms with Crippen LogP contribution in [0.15, 0.2) is 12.1 Å². The maximum atomic E-state index is 13.3. The molecule has 0 saturated carbocycles. The van der Waals surface area contributed by atoms with Crippen molar-refractivity contribution in [2.75, 3.05) is 0 Å². The fourth-order valence-electron chi connectivity index (χ4n) is 1.26. The van der Waals surface area contributed by atoms with Crippen molar-refractivity contribution in [1.29, 1.82) is 0 Å². The van der Waals surface area contributed by atoms with Crippen molar-refractivity contribution < 1.29 is 19.4 Å². The number of halogens is 1. The van der Waals surface area contributed by atoms with E-state index in [2.05, 4.69) is 0 Å². The van der Waals surface area contributed by atoms with Crippen LogP contribution in [0.25, 0.3) is 0 Å². The van der Waals surface area contributed by atoms with Crippen molar-refractivity contribution in [3.05, 3.63) is 34.6 Å². The van der Waals surface area contributed by atoms with Gasteiger partial charge in [0.25, 0.3) is 0 Å². The molecule has 4 heteroatoms. The Balaban J connectivity index is 3.24. The normalized spacial score (nSPS) is 12.6. The number of carboxylic acids is 1. The minimum Gasteiger partial charge on any atom is -0.479 e. The summed E-state index contributed by atoms with van der Waals surface area (Å²) >= 11 is 0. The molecule has 0 heterocycles. The van der Waals surface area contributed by atoms with Crippen LogP contribution >= 0.6 is 0 Å². The Labute approximate surface area is 80.8 Å². The molecule has 0 saturated heterocycles. The predicted molar refractivity (Wildman–Crippen MR) is 48.5 cm³/mol. The third-order valence-electron chi connectivity index (χ3n) is 2.15. The molecule has 0 radical (unpaired) electrons. The molecule has 76 valence electrons. The van der Waals surface area contributed by atoms with Crippen LogP contribution in [0.1, 0.15) is 22.8 Å². The number of carbonyl (C=O) groups is 1. The summed E-state index contributed by atoms with van der Waals surface area (Å²) in [5, 5.41) is 17.8. The first kappa shape index (κ1) is 10.7. The first-order valence-corrected chi connectivity index (χ1v) is 4.11. The summed E-state index contributed by atoms with van der Waals surface area (Å²) in [6, 6.07) is 2.87. The summed E-state index contributed by atoms with van der Waals surface area (Å²) in [7, 11) is 0. The van der Waals surface area contributed by atoms with Crippen molar-refractivity contribution in [2.24, 2.45) is 0 Å². The van der Waals surface area contributed by atoms with Gasteiger partial charge in [0.15, 0.2) is 6.10 Å². The maximum Gasteiger partial charge on any atom is 0.337 e. The SMILES string of the molecule is Cc1ccc(C(O)C(=O)O)c(C)c1F. The van der Waals surface area contributed by atoms with Gasteiger partial charge in [-0.2, -0.15) is 0 Å². The van der Waals surface area contributed by atoms with Gasteiger partial charge in [0.1, 0.15) is 5.82 Å². The second-order valence-electron chi connectivity index (χ2n) is 3.15. The number of hydrogen-bond donors (Lipinski definition) is 2. The molecule has 1 rings (SSSR count). The van der Waals surface area contributed by atoms with Gasteiger partial charge in [0.2, 0.25) is 0 Å². The Morgan fingerprint density at radius 1 is 1.43 bits per heavy atom. The third kappa shape index (κ3) is 1.75. The first-order chi connectivity index (χ1) is 6.45. The summed E-state index contributed by atoms with van der Waals surface area (Å²) < 4.78 is 13.3. The number of aliphatic hydroxyl groups excluding tert-OH is 1. The molecule has 0 aromatic heterocycles. The van der Waals surface area contributed by atoms with Gasteiger partial charge in [-0.05, 0) is 30.5 Å². The average Bonchev–Trinajstić information content (AvgIpc) is 2.13. The lowest BCUT2D eigenvalue weighted by molar-refractivity contribution is -0.147. The van der Waals surface area contributed by atoms with E-state index in [1.807, 2.05) is 0 Å². The highest BCUT2D eigenvalue weighted by atomic mass is 19.1. The van der Waals surface area contributed by atoms with E-state index in [9.17, 15) is 14.3 Å². The summed E-state index contributed by atoms with van der Waals surface area (Å²) in [5.74, 6) is -1.85. The molecule has 2 N–H and O–H groups in total. The zero-order valence-corrected chi connectivity index (χ0v) is 7.91. The van der Waals surface area contributed by atoms with Crippen LogP contribution < -0.4 is 0 Å². The quantitative estimate of drug-likeness (QED) is 0.758. The highest BCUT2D eigenvalue weighted by Crippen LogP contribution is 2.22. The van der Waals surface area contributed by atoms with Crippen LogP contribution in [0.4, 0.5) is 4.39 Å². The van der Waals surface area contributed by atoms with Gasteiger partial charge in [0.05, 0.1) is 0 Å². The van der Waals surface area contributed by atoms with E-state index in [1.54, 1.807) is 6.92 Å².